The van der Waals surface area contributed by atoms with Crippen molar-refractivity contribution in [3.63, 3.8) is 0 Å². The molecule has 23 heteroatoms. The van der Waals surface area contributed by atoms with E-state index in [9.17, 15) is 48.3 Å². The number of ether oxygens (including phenoxy) is 4. The van der Waals surface area contributed by atoms with Gasteiger partial charge in [-0.1, -0.05) is 49.0 Å². The van der Waals surface area contributed by atoms with Crippen LogP contribution in [-0.4, -0.2) is 139 Å². The second-order valence-electron chi connectivity index (χ2n) is 17.1. The van der Waals surface area contributed by atoms with Crippen molar-refractivity contribution in [1.29, 1.82) is 0 Å². The SMILES string of the molecule is CC[C@@]1(O)C(=O)OCc2c1cc1n(c2=O)Cc2c-1nc1ccc(NC(=O)CNC(=O)[C@H](Cc3ccccc3)NC(=O)CNC(=O)CNC(=O)CCOCCOCCOCCN3C(=O)C=CC3=O)c3c1c2C=CS3. The van der Waals surface area contributed by atoms with Crippen LogP contribution in [0, 0.1) is 0 Å². The topological polar surface area (TPSA) is 292 Å². The summed E-state index contributed by atoms with van der Waals surface area (Å²) in [4.78, 5) is 121. The van der Waals surface area contributed by atoms with Crippen molar-refractivity contribution in [2.75, 3.05) is 71.1 Å². The maximum atomic E-state index is 13.8. The lowest BCUT2D eigenvalue weighted by Crippen LogP contribution is -2.52. The molecule has 2 aromatic heterocycles. The first-order valence-corrected chi connectivity index (χ1v) is 24.3. The molecular formula is C50H52N8O14S. The van der Waals surface area contributed by atoms with E-state index in [0.717, 1.165) is 27.0 Å². The number of imide groups is 1. The molecule has 0 bridgehead atoms. The second kappa shape index (κ2) is 23.3. The van der Waals surface area contributed by atoms with Crippen LogP contribution in [0.25, 0.3) is 28.4 Å². The number of carbonyl (C=O) groups excluding carboxylic acids is 8. The Bertz CT molecular complexity index is 2980. The zero-order valence-electron chi connectivity index (χ0n) is 39.6. The van der Waals surface area contributed by atoms with Gasteiger partial charge in [0.15, 0.2) is 5.60 Å². The number of anilines is 1. The number of thioether (sulfide) groups is 1. The zero-order valence-corrected chi connectivity index (χ0v) is 40.4. The lowest BCUT2D eigenvalue weighted by molar-refractivity contribution is -0.172. The van der Waals surface area contributed by atoms with Gasteiger partial charge in [-0.3, -0.25) is 43.3 Å². The van der Waals surface area contributed by atoms with E-state index in [2.05, 4.69) is 26.6 Å². The van der Waals surface area contributed by atoms with Crippen LogP contribution in [0.2, 0.25) is 0 Å². The van der Waals surface area contributed by atoms with Crippen molar-refractivity contribution in [2.45, 2.75) is 55.9 Å². The highest BCUT2D eigenvalue weighted by molar-refractivity contribution is 8.02. The third kappa shape index (κ3) is 11.9. The first kappa shape index (κ1) is 51.8. The Labute approximate surface area is 421 Å². The number of cyclic esters (lactones) is 1. The van der Waals surface area contributed by atoms with E-state index in [1.54, 1.807) is 60.0 Å². The molecule has 73 heavy (non-hydrogen) atoms. The molecule has 8 rings (SSSR count). The molecule has 0 saturated heterocycles. The van der Waals surface area contributed by atoms with Gasteiger partial charge in [0.05, 0.1) is 101 Å². The Morgan fingerprint density at radius 3 is 2.23 bits per heavy atom. The number of pyridine rings is 2. The number of nitrogens with zero attached hydrogens (tertiary/aromatic N) is 3. The number of aromatic nitrogens is 2. The predicted octanol–water partition coefficient (Wildman–Crippen LogP) is 0.536. The number of carbonyl (C=O) groups is 8. The molecule has 2 atom stereocenters. The van der Waals surface area contributed by atoms with Crippen molar-refractivity contribution >= 4 is 81.7 Å². The maximum Gasteiger partial charge on any atom is 0.343 e. The van der Waals surface area contributed by atoms with Crippen LogP contribution in [0.5, 0.6) is 0 Å². The molecule has 4 aromatic rings. The third-order valence-corrected chi connectivity index (χ3v) is 13.3. The standard InChI is InChI=1S/C50H52N8O14S/c1-2-50(68)33-23-37-45-31(27-58(37)48(66)32(33)28-72-49(50)67)30-13-21-73-46-35(9-8-34(56-45)44(30)46)54-41(62)26-53-47(65)36(22-29-6-4-3-5-7-29)55-40(61)25-52-39(60)24-51-38(59)12-15-69-17-19-71-20-18-70-16-14-57-42(63)10-11-43(57)64/h3-11,13,21,23,36,68H,2,12,14-20,22,24-28H2,1H3,(H,51,59)(H,52,60)(H,53,65)(H,54,62)(H,55,61)/t36-,50-/m0/s1. The van der Waals surface area contributed by atoms with E-state index in [1.165, 1.54) is 23.9 Å². The Balaban J connectivity index is 0.783. The van der Waals surface area contributed by atoms with Crippen LogP contribution in [0.15, 0.2) is 75.8 Å². The minimum Gasteiger partial charge on any atom is -0.458 e. The second-order valence-corrected chi connectivity index (χ2v) is 18.0. The van der Waals surface area contributed by atoms with Crippen LogP contribution < -0.4 is 32.1 Å². The molecular weight excluding hydrogens is 969 g/mol. The van der Waals surface area contributed by atoms with Crippen LogP contribution in [0.3, 0.4) is 0 Å². The number of hydrogen-bond donors (Lipinski definition) is 6. The minimum absolute atomic E-state index is 0.0149. The highest BCUT2D eigenvalue weighted by Crippen LogP contribution is 2.46. The number of benzene rings is 2. The van der Waals surface area contributed by atoms with E-state index in [1.807, 2.05) is 11.5 Å². The Hall–Kier alpha value is -7.57. The molecule has 0 unspecified atom stereocenters. The summed E-state index contributed by atoms with van der Waals surface area (Å²) in [5.41, 5.74) is 2.40. The van der Waals surface area contributed by atoms with E-state index < -0.39 is 66.8 Å². The van der Waals surface area contributed by atoms with E-state index >= 15 is 0 Å². The van der Waals surface area contributed by atoms with Gasteiger partial charge in [0, 0.05) is 46.4 Å². The molecule has 0 spiro atoms. The molecule has 22 nitrogen and oxygen atoms in total. The van der Waals surface area contributed by atoms with Crippen LogP contribution >= 0.6 is 11.8 Å². The smallest absolute Gasteiger partial charge is 0.343 e. The summed E-state index contributed by atoms with van der Waals surface area (Å²) in [5.74, 6) is -4.56. The molecule has 0 fully saturated rings. The fraction of sp³-hybridized carbons (Fsp3) is 0.360. The molecule has 0 saturated carbocycles. The van der Waals surface area contributed by atoms with E-state index in [-0.39, 0.29) is 107 Å². The highest BCUT2D eigenvalue weighted by atomic mass is 32.2. The quantitative estimate of drug-likeness (QED) is 0.0279. The summed E-state index contributed by atoms with van der Waals surface area (Å²) in [5, 5.41) is 26.9. The molecule has 0 aliphatic carbocycles. The number of nitrogens with one attached hydrogen (secondary N) is 5. The summed E-state index contributed by atoms with van der Waals surface area (Å²) in [6.45, 7) is 1.56. The maximum absolute atomic E-state index is 13.8. The van der Waals surface area contributed by atoms with Crippen molar-refractivity contribution in [2.24, 2.45) is 0 Å². The van der Waals surface area contributed by atoms with Gasteiger partial charge in [-0.2, -0.15) is 0 Å². The van der Waals surface area contributed by atoms with Crippen molar-refractivity contribution < 1.29 is 62.4 Å². The van der Waals surface area contributed by atoms with Crippen LogP contribution in [-0.2, 0) is 82.5 Å². The first-order chi connectivity index (χ1) is 35.2. The largest absolute Gasteiger partial charge is 0.458 e. The molecule has 6 N–H and O–H groups in total. The van der Waals surface area contributed by atoms with Crippen LogP contribution in [0.4, 0.5) is 5.69 Å². The minimum atomic E-state index is -1.96. The van der Waals surface area contributed by atoms with Gasteiger partial charge in [-0.05, 0) is 47.2 Å². The molecule has 4 aliphatic rings. The Morgan fingerprint density at radius 2 is 1.49 bits per heavy atom. The fourth-order valence-corrected chi connectivity index (χ4v) is 9.48. The van der Waals surface area contributed by atoms with Gasteiger partial charge < -0.3 is 55.2 Å². The highest BCUT2D eigenvalue weighted by Gasteiger charge is 2.45. The van der Waals surface area contributed by atoms with Gasteiger partial charge in [0.2, 0.25) is 29.5 Å². The third-order valence-electron chi connectivity index (χ3n) is 12.4. The van der Waals surface area contributed by atoms with E-state index in [4.69, 9.17) is 23.9 Å². The molecule has 0 radical (unpaired) electrons. The Kier molecular flexibility index (Phi) is 16.5. The van der Waals surface area contributed by atoms with E-state index in [0.29, 0.717) is 27.5 Å². The Morgan fingerprint density at radius 1 is 0.808 bits per heavy atom. The monoisotopic (exact) mass is 1020 g/mol. The number of hydrogen-bond acceptors (Lipinski definition) is 16. The molecule has 382 valence electrons. The number of amides is 7. The summed E-state index contributed by atoms with van der Waals surface area (Å²) in [7, 11) is 0. The lowest BCUT2D eigenvalue weighted by atomic mass is 9.86. The average Bonchev–Trinajstić information content (AvgIpc) is 3.93. The fourth-order valence-electron chi connectivity index (χ4n) is 8.56. The van der Waals surface area contributed by atoms with Gasteiger partial charge in [0.1, 0.15) is 12.6 Å². The summed E-state index contributed by atoms with van der Waals surface area (Å²) < 4.78 is 22.9. The van der Waals surface area contributed by atoms with Gasteiger partial charge in [-0.15, -0.1) is 0 Å². The predicted molar refractivity (Wildman–Crippen MR) is 262 cm³/mol. The molecule has 4 aliphatic heterocycles. The number of rotatable bonds is 24. The number of esters is 1. The summed E-state index contributed by atoms with van der Waals surface area (Å²) >= 11 is 1.36. The molecule has 7 amide bonds. The average molecular weight is 1020 g/mol. The van der Waals surface area contributed by atoms with Gasteiger partial charge in [0.25, 0.3) is 17.4 Å². The first-order valence-electron chi connectivity index (χ1n) is 23.5. The van der Waals surface area contributed by atoms with Crippen molar-refractivity contribution in [3.05, 3.63) is 104 Å². The molecule has 6 heterocycles. The van der Waals surface area contributed by atoms with Crippen molar-refractivity contribution in [1.82, 2.24) is 35.7 Å². The van der Waals surface area contributed by atoms with Gasteiger partial charge >= 0.3 is 5.97 Å². The van der Waals surface area contributed by atoms with Crippen molar-refractivity contribution in [3.8, 4) is 11.4 Å². The number of aliphatic hydroxyl groups is 1. The normalized spacial score (nSPS) is 16.4. The summed E-state index contributed by atoms with van der Waals surface area (Å²) in [6.07, 6.45) is 4.38. The molecule has 2 aromatic carbocycles. The number of fused-ring (bicyclic) bond motifs is 5. The lowest BCUT2D eigenvalue weighted by Gasteiger charge is -2.31. The summed E-state index contributed by atoms with van der Waals surface area (Å²) in [6, 6.07) is 12.8. The zero-order chi connectivity index (χ0) is 51.6. The van der Waals surface area contributed by atoms with Crippen LogP contribution in [0.1, 0.15) is 47.6 Å². The van der Waals surface area contributed by atoms with Gasteiger partial charge in [-0.25, -0.2) is 9.78 Å².